The van der Waals surface area contributed by atoms with Gasteiger partial charge in [0.1, 0.15) is 5.69 Å². The van der Waals surface area contributed by atoms with Gasteiger partial charge in [-0.1, -0.05) is 25.7 Å². The van der Waals surface area contributed by atoms with Gasteiger partial charge in [-0.05, 0) is 50.3 Å². The first-order chi connectivity index (χ1) is 16.6. The van der Waals surface area contributed by atoms with Crippen LogP contribution in [0.3, 0.4) is 0 Å². The molecule has 1 saturated heterocycles. The molecule has 3 aromatic heterocycles. The van der Waals surface area contributed by atoms with Crippen molar-refractivity contribution < 1.29 is 9.59 Å². The Hall–Kier alpha value is -3.23. The molecule has 1 unspecified atom stereocenters. The van der Waals surface area contributed by atoms with Gasteiger partial charge < -0.3 is 10.6 Å². The van der Waals surface area contributed by atoms with E-state index in [0.717, 1.165) is 42.8 Å². The zero-order valence-electron chi connectivity index (χ0n) is 19.7. The van der Waals surface area contributed by atoms with Crippen molar-refractivity contribution >= 4 is 17.5 Å². The van der Waals surface area contributed by atoms with Crippen molar-refractivity contribution in [1.82, 2.24) is 35.0 Å². The molecule has 1 saturated carbocycles. The van der Waals surface area contributed by atoms with E-state index in [0.29, 0.717) is 24.6 Å². The molecule has 2 atom stereocenters. The Labute approximate surface area is 199 Å². The Kier molecular flexibility index (Phi) is 6.60. The van der Waals surface area contributed by atoms with Crippen LogP contribution in [0, 0.1) is 11.8 Å². The van der Waals surface area contributed by atoms with E-state index in [-0.39, 0.29) is 23.8 Å². The number of carbonyl (C=O) groups excluding carboxylic acids is 2. The van der Waals surface area contributed by atoms with Gasteiger partial charge in [0.05, 0.1) is 23.6 Å². The summed E-state index contributed by atoms with van der Waals surface area (Å²) in [6.07, 6.45) is 12.0. The highest BCUT2D eigenvalue weighted by atomic mass is 16.2. The van der Waals surface area contributed by atoms with Crippen LogP contribution in [0.1, 0.15) is 79.8 Å². The van der Waals surface area contributed by atoms with E-state index in [1.54, 1.807) is 21.5 Å². The van der Waals surface area contributed by atoms with E-state index in [1.807, 2.05) is 25.3 Å². The Balaban J connectivity index is 1.42. The summed E-state index contributed by atoms with van der Waals surface area (Å²) in [6, 6.07) is 5.49. The van der Waals surface area contributed by atoms with Crippen LogP contribution in [0.15, 0.2) is 30.6 Å². The third-order valence-electron chi connectivity index (χ3n) is 7.24. The second-order valence-electron chi connectivity index (χ2n) is 9.51. The number of nitrogens with zero attached hydrogens (tertiary/aromatic N) is 5. The van der Waals surface area contributed by atoms with E-state index < -0.39 is 0 Å². The fourth-order valence-corrected chi connectivity index (χ4v) is 5.36. The molecule has 2 aliphatic rings. The molecule has 5 rings (SSSR count). The van der Waals surface area contributed by atoms with Crippen LogP contribution in [0.2, 0.25) is 0 Å². The summed E-state index contributed by atoms with van der Waals surface area (Å²) in [6.45, 7) is 3.36. The third kappa shape index (κ3) is 4.69. The minimum atomic E-state index is -0.184. The molecule has 1 aliphatic heterocycles. The lowest BCUT2D eigenvalue weighted by atomic mass is 9.90. The molecule has 1 aliphatic carbocycles. The lowest BCUT2D eigenvalue weighted by Crippen LogP contribution is -2.35. The topological polar surface area (TPSA) is 106 Å². The quantitative estimate of drug-likeness (QED) is 0.524. The Bertz CT molecular complexity index is 1160. The molecule has 180 valence electrons. The Morgan fingerprint density at radius 2 is 2.00 bits per heavy atom. The molecule has 0 bridgehead atoms. The average Bonchev–Trinajstić information content (AvgIpc) is 3.53. The lowest BCUT2D eigenvalue weighted by Gasteiger charge is -2.26. The molecule has 2 N–H and O–H groups in total. The summed E-state index contributed by atoms with van der Waals surface area (Å²) in [5.74, 6) is 0.299. The number of aromatic nitrogens is 5. The van der Waals surface area contributed by atoms with Crippen molar-refractivity contribution in [1.29, 1.82) is 0 Å². The molecule has 34 heavy (non-hydrogen) atoms. The highest BCUT2D eigenvalue weighted by Crippen LogP contribution is 2.33. The second kappa shape index (κ2) is 9.95. The maximum Gasteiger partial charge on any atom is 0.270 e. The highest BCUT2D eigenvalue weighted by Gasteiger charge is 2.30. The minimum Gasteiger partial charge on any atom is -0.356 e. The van der Waals surface area contributed by atoms with Crippen LogP contribution >= 0.6 is 0 Å². The minimum absolute atomic E-state index is 0.0191. The first-order valence-electron chi connectivity index (χ1n) is 12.6. The van der Waals surface area contributed by atoms with E-state index in [1.165, 1.54) is 25.7 Å². The number of hydrogen-bond acceptors (Lipinski definition) is 5. The monoisotopic (exact) mass is 463 g/mol. The van der Waals surface area contributed by atoms with Gasteiger partial charge in [0, 0.05) is 31.6 Å². The van der Waals surface area contributed by atoms with Gasteiger partial charge in [0.25, 0.3) is 5.91 Å². The Morgan fingerprint density at radius 1 is 1.18 bits per heavy atom. The lowest BCUT2D eigenvalue weighted by molar-refractivity contribution is -0.122. The third-order valence-corrected chi connectivity index (χ3v) is 7.24. The van der Waals surface area contributed by atoms with Crippen molar-refractivity contribution in [2.75, 3.05) is 6.54 Å². The fraction of sp³-hybridized carbons (Fsp3) is 0.560. The summed E-state index contributed by atoms with van der Waals surface area (Å²) < 4.78 is 3.51. The van der Waals surface area contributed by atoms with Crippen molar-refractivity contribution in [2.24, 2.45) is 11.8 Å². The molecule has 0 radical (unpaired) electrons. The molecular formula is C25H33N7O2. The molecular weight excluding hydrogens is 430 g/mol. The van der Waals surface area contributed by atoms with Gasteiger partial charge in [-0.3, -0.25) is 14.3 Å². The number of imidazole rings is 1. The summed E-state index contributed by atoms with van der Waals surface area (Å²) in [4.78, 5) is 30.1. The van der Waals surface area contributed by atoms with E-state index in [2.05, 4.69) is 15.7 Å². The van der Waals surface area contributed by atoms with Crippen LogP contribution in [-0.2, 0) is 17.8 Å². The second-order valence-corrected chi connectivity index (χ2v) is 9.51. The van der Waals surface area contributed by atoms with E-state index in [9.17, 15) is 9.59 Å². The van der Waals surface area contributed by atoms with Gasteiger partial charge in [0.15, 0.2) is 5.65 Å². The Morgan fingerprint density at radius 3 is 2.74 bits per heavy atom. The van der Waals surface area contributed by atoms with Crippen LogP contribution < -0.4 is 10.6 Å². The number of hydrogen-bond donors (Lipinski definition) is 2. The highest BCUT2D eigenvalue weighted by molar-refractivity contribution is 5.92. The summed E-state index contributed by atoms with van der Waals surface area (Å²) >= 11 is 0. The first-order valence-corrected chi connectivity index (χ1v) is 12.6. The zero-order chi connectivity index (χ0) is 23.5. The zero-order valence-corrected chi connectivity index (χ0v) is 19.7. The van der Waals surface area contributed by atoms with Gasteiger partial charge >= 0.3 is 0 Å². The SMILES string of the molecule is CCn1nccc1C(=O)N[C@H](c1cn2nc(CC3CCNC3=O)ccc2n1)C1CCCCCC1. The van der Waals surface area contributed by atoms with Crippen LogP contribution in [0.25, 0.3) is 5.65 Å². The van der Waals surface area contributed by atoms with E-state index in [4.69, 9.17) is 10.1 Å². The van der Waals surface area contributed by atoms with Crippen molar-refractivity contribution in [3.8, 4) is 0 Å². The van der Waals surface area contributed by atoms with Crippen molar-refractivity contribution in [3.63, 3.8) is 0 Å². The van der Waals surface area contributed by atoms with Gasteiger partial charge in [-0.25, -0.2) is 9.50 Å². The molecule has 9 heteroatoms. The fourth-order valence-electron chi connectivity index (χ4n) is 5.36. The van der Waals surface area contributed by atoms with Gasteiger partial charge in [-0.15, -0.1) is 0 Å². The number of rotatable bonds is 7. The van der Waals surface area contributed by atoms with Crippen LogP contribution in [-0.4, -0.2) is 42.7 Å². The summed E-state index contributed by atoms with van der Waals surface area (Å²) in [7, 11) is 0. The van der Waals surface area contributed by atoms with Crippen LogP contribution in [0.5, 0.6) is 0 Å². The molecule has 0 spiro atoms. The number of fused-ring (bicyclic) bond motifs is 1. The molecule has 0 aromatic carbocycles. The van der Waals surface area contributed by atoms with Gasteiger partial charge in [0.2, 0.25) is 5.91 Å². The molecule has 3 aromatic rings. The maximum absolute atomic E-state index is 13.2. The van der Waals surface area contributed by atoms with Gasteiger partial charge in [-0.2, -0.15) is 10.2 Å². The standard InChI is InChI=1S/C25H33N7O2/c1-2-31-21(12-14-27-31)25(34)29-23(17-7-5-3-4-6-8-17)20-16-32-22(28-20)10-9-19(30-32)15-18-11-13-26-24(18)33/h9-10,12,14,16-18,23H,2-8,11,13,15H2,1H3,(H,26,33)(H,29,34)/t18?,23-/m0/s1. The first kappa shape index (κ1) is 22.6. The summed E-state index contributed by atoms with van der Waals surface area (Å²) in [5, 5.41) is 15.2. The molecule has 9 nitrogen and oxygen atoms in total. The summed E-state index contributed by atoms with van der Waals surface area (Å²) in [5.41, 5.74) is 3.03. The largest absolute Gasteiger partial charge is 0.356 e. The van der Waals surface area contributed by atoms with Crippen LogP contribution in [0.4, 0.5) is 0 Å². The van der Waals surface area contributed by atoms with E-state index >= 15 is 0 Å². The molecule has 4 heterocycles. The number of amides is 2. The average molecular weight is 464 g/mol. The van der Waals surface area contributed by atoms with Crippen molar-refractivity contribution in [3.05, 3.63) is 47.7 Å². The molecule has 2 amide bonds. The smallest absolute Gasteiger partial charge is 0.270 e. The number of aryl methyl sites for hydroxylation is 1. The molecule has 2 fully saturated rings. The normalized spacial score (nSPS) is 20.3. The number of carbonyl (C=O) groups is 2. The predicted molar refractivity (Wildman–Crippen MR) is 127 cm³/mol. The maximum atomic E-state index is 13.2. The predicted octanol–water partition coefficient (Wildman–Crippen LogP) is 3.07. The van der Waals surface area contributed by atoms with Crippen molar-refractivity contribution in [2.45, 2.75) is 70.9 Å². The number of nitrogens with one attached hydrogen (secondary N) is 2.